The zero-order chi connectivity index (χ0) is 18.1. The molecule has 0 aliphatic carbocycles. The van der Waals surface area contributed by atoms with Crippen LogP contribution in [0.25, 0.3) is 16.8 Å². The summed E-state index contributed by atoms with van der Waals surface area (Å²) in [5.41, 5.74) is 3.17. The van der Waals surface area contributed by atoms with Gasteiger partial charge in [-0.25, -0.2) is 13.9 Å². The van der Waals surface area contributed by atoms with Gasteiger partial charge in [0.25, 0.3) is 0 Å². The highest BCUT2D eigenvalue weighted by Gasteiger charge is 2.10. The first-order valence-electron chi connectivity index (χ1n) is 7.85. The molecule has 0 spiro atoms. The lowest BCUT2D eigenvalue weighted by molar-refractivity contribution is 0.415. The molecule has 0 bridgehead atoms. The van der Waals surface area contributed by atoms with Crippen molar-refractivity contribution < 1.29 is 9.13 Å². The van der Waals surface area contributed by atoms with E-state index in [4.69, 9.17) is 16.3 Å². The summed E-state index contributed by atoms with van der Waals surface area (Å²) in [6.07, 6.45) is 3.56. The number of halogens is 2. The Morgan fingerprint density at radius 1 is 1.15 bits per heavy atom. The summed E-state index contributed by atoms with van der Waals surface area (Å²) in [4.78, 5) is 4.63. The highest BCUT2D eigenvalue weighted by atomic mass is 35.5. The van der Waals surface area contributed by atoms with Crippen LogP contribution in [-0.4, -0.2) is 21.7 Å². The van der Waals surface area contributed by atoms with Crippen LogP contribution in [-0.2, 0) is 0 Å². The molecule has 5 nitrogen and oxygen atoms in total. The number of hydrogen-bond acceptors (Lipinski definition) is 4. The van der Waals surface area contributed by atoms with Gasteiger partial charge >= 0.3 is 0 Å². The van der Waals surface area contributed by atoms with Gasteiger partial charge in [0.05, 0.1) is 18.3 Å². The van der Waals surface area contributed by atoms with Crippen LogP contribution in [0.15, 0.2) is 60.9 Å². The number of fused-ring (bicyclic) bond motifs is 1. The number of nitrogens with one attached hydrogen (secondary N) is 1. The van der Waals surface area contributed by atoms with Gasteiger partial charge in [-0.1, -0.05) is 23.7 Å². The Hall–Kier alpha value is -3.12. The molecule has 2 heterocycles. The highest BCUT2D eigenvalue weighted by Crippen LogP contribution is 2.28. The molecule has 2 aromatic heterocycles. The molecule has 2 aromatic carbocycles. The molecular weight excluding hydrogens is 355 g/mol. The second kappa shape index (κ2) is 6.65. The van der Waals surface area contributed by atoms with Crippen molar-refractivity contribution in [2.45, 2.75) is 0 Å². The van der Waals surface area contributed by atoms with E-state index in [1.165, 1.54) is 12.1 Å². The van der Waals surface area contributed by atoms with E-state index < -0.39 is 5.82 Å². The SMILES string of the molecule is COc1cccc(-c2cnn3ccc(Nc4ccc(F)c(Cl)c4)nc23)c1. The fraction of sp³-hybridized carbons (Fsp3) is 0.0526. The third-order valence-corrected chi connectivity index (χ3v) is 4.23. The third kappa shape index (κ3) is 3.07. The minimum absolute atomic E-state index is 0.0532. The Bertz CT molecular complexity index is 1100. The van der Waals surface area contributed by atoms with Crippen molar-refractivity contribution in [2.24, 2.45) is 0 Å². The Morgan fingerprint density at radius 3 is 2.85 bits per heavy atom. The standard InChI is InChI=1S/C19H14ClFN4O/c1-26-14-4-2-3-12(9-14)15-11-22-25-8-7-18(24-19(15)25)23-13-5-6-17(21)16(20)10-13/h2-11H,1H3,(H,23,24). The largest absolute Gasteiger partial charge is 0.497 e. The molecule has 1 N–H and O–H groups in total. The summed E-state index contributed by atoms with van der Waals surface area (Å²) in [7, 11) is 1.63. The van der Waals surface area contributed by atoms with Crippen LogP contribution in [0.3, 0.4) is 0 Å². The lowest BCUT2D eigenvalue weighted by Gasteiger charge is -2.07. The Morgan fingerprint density at radius 2 is 2.04 bits per heavy atom. The van der Waals surface area contributed by atoms with E-state index >= 15 is 0 Å². The van der Waals surface area contributed by atoms with E-state index in [0.29, 0.717) is 17.2 Å². The molecule has 0 unspecified atom stereocenters. The predicted molar refractivity (Wildman–Crippen MR) is 99.7 cm³/mol. The van der Waals surface area contributed by atoms with Crippen LogP contribution in [0.1, 0.15) is 0 Å². The highest BCUT2D eigenvalue weighted by molar-refractivity contribution is 6.31. The topological polar surface area (TPSA) is 51.5 Å². The molecule has 0 amide bonds. The number of nitrogens with zero attached hydrogens (tertiary/aromatic N) is 3. The van der Waals surface area contributed by atoms with Crippen molar-refractivity contribution in [1.82, 2.24) is 14.6 Å². The summed E-state index contributed by atoms with van der Waals surface area (Å²) in [6.45, 7) is 0. The zero-order valence-electron chi connectivity index (χ0n) is 13.8. The van der Waals surface area contributed by atoms with Crippen LogP contribution in [0.2, 0.25) is 5.02 Å². The van der Waals surface area contributed by atoms with E-state index in [0.717, 1.165) is 16.9 Å². The molecule has 130 valence electrons. The smallest absolute Gasteiger partial charge is 0.165 e. The zero-order valence-corrected chi connectivity index (χ0v) is 14.5. The van der Waals surface area contributed by atoms with Crippen molar-refractivity contribution >= 4 is 28.8 Å². The molecular formula is C19H14ClFN4O. The van der Waals surface area contributed by atoms with Crippen molar-refractivity contribution in [2.75, 3.05) is 12.4 Å². The number of ether oxygens (including phenoxy) is 1. The molecule has 0 saturated heterocycles. The number of anilines is 2. The molecule has 7 heteroatoms. The van der Waals surface area contributed by atoms with Gasteiger partial charge in [0.2, 0.25) is 0 Å². The van der Waals surface area contributed by atoms with Crippen LogP contribution in [0.5, 0.6) is 5.75 Å². The second-order valence-electron chi connectivity index (χ2n) is 5.63. The van der Waals surface area contributed by atoms with E-state index in [1.807, 2.05) is 24.3 Å². The Balaban J connectivity index is 1.73. The lowest BCUT2D eigenvalue weighted by Crippen LogP contribution is -1.97. The monoisotopic (exact) mass is 368 g/mol. The van der Waals surface area contributed by atoms with Gasteiger partial charge in [-0.05, 0) is 42.0 Å². The fourth-order valence-electron chi connectivity index (χ4n) is 2.65. The summed E-state index contributed by atoms with van der Waals surface area (Å²) in [5.74, 6) is 0.902. The van der Waals surface area contributed by atoms with Crippen molar-refractivity contribution in [3.63, 3.8) is 0 Å². The molecule has 0 radical (unpaired) electrons. The third-order valence-electron chi connectivity index (χ3n) is 3.94. The molecule has 0 saturated carbocycles. The Kier molecular flexibility index (Phi) is 4.18. The average Bonchev–Trinajstić information content (AvgIpc) is 3.08. The van der Waals surface area contributed by atoms with E-state index in [2.05, 4.69) is 15.4 Å². The molecule has 0 aliphatic rings. The first kappa shape index (κ1) is 16.4. The number of hydrogen-bond donors (Lipinski definition) is 1. The summed E-state index contributed by atoms with van der Waals surface area (Å²) in [6, 6.07) is 13.9. The molecule has 0 fully saturated rings. The molecule has 4 aromatic rings. The molecule has 0 atom stereocenters. The molecule has 26 heavy (non-hydrogen) atoms. The van der Waals surface area contributed by atoms with Gasteiger partial charge in [0, 0.05) is 17.4 Å². The summed E-state index contributed by atoms with van der Waals surface area (Å²) in [5, 5.41) is 7.52. The van der Waals surface area contributed by atoms with Crippen molar-refractivity contribution in [3.8, 4) is 16.9 Å². The van der Waals surface area contributed by atoms with Gasteiger partial charge in [-0.2, -0.15) is 5.10 Å². The van der Waals surface area contributed by atoms with Crippen LogP contribution >= 0.6 is 11.6 Å². The van der Waals surface area contributed by atoms with Crippen LogP contribution in [0, 0.1) is 5.82 Å². The number of aromatic nitrogens is 3. The number of rotatable bonds is 4. The van der Waals surface area contributed by atoms with Crippen molar-refractivity contribution in [3.05, 3.63) is 71.8 Å². The predicted octanol–water partition coefficient (Wildman–Crippen LogP) is 4.94. The van der Waals surface area contributed by atoms with Gasteiger partial charge < -0.3 is 10.1 Å². The fourth-order valence-corrected chi connectivity index (χ4v) is 2.84. The van der Waals surface area contributed by atoms with Crippen molar-refractivity contribution in [1.29, 1.82) is 0 Å². The molecule has 0 aliphatic heterocycles. The Labute approximate surface area is 154 Å². The van der Waals surface area contributed by atoms with E-state index in [9.17, 15) is 4.39 Å². The van der Waals surface area contributed by atoms with Crippen LogP contribution < -0.4 is 10.1 Å². The minimum atomic E-state index is -0.461. The lowest BCUT2D eigenvalue weighted by atomic mass is 10.1. The number of benzene rings is 2. The first-order valence-corrected chi connectivity index (χ1v) is 8.23. The van der Waals surface area contributed by atoms with E-state index in [1.54, 1.807) is 36.2 Å². The summed E-state index contributed by atoms with van der Waals surface area (Å²) >= 11 is 5.83. The van der Waals surface area contributed by atoms with Gasteiger partial charge in [0.1, 0.15) is 17.4 Å². The summed E-state index contributed by atoms with van der Waals surface area (Å²) < 4.78 is 20.3. The maximum atomic E-state index is 13.3. The second-order valence-corrected chi connectivity index (χ2v) is 6.03. The average molecular weight is 369 g/mol. The molecule has 4 rings (SSSR count). The van der Waals surface area contributed by atoms with Crippen LogP contribution in [0.4, 0.5) is 15.9 Å². The van der Waals surface area contributed by atoms with Gasteiger partial charge in [-0.3, -0.25) is 0 Å². The maximum absolute atomic E-state index is 13.3. The number of methoxy groups -OCH3 is 1. The van der Waals surface area contributed by atoms with Gasteiger partial charge in [0.15, 0.2) is 5.65 Å². The van der Waals surface area contributed by atoms with E-state index in [-0.39, 0.29) is 5.02 Å². The maximum Gasteiger partial charge on any atom is 0.165 e. The minimum Gasteiger partial charge on any atom is -0.497 e. The normalized spacial score (nSPS) is 10.9. The van der Waals surface area contributed by atoms with Gasteiger partial charge in [-0.15, -0.1) is 0 Å². The quantitative estimate of drug-likeness (QED) is 0.554. The first-order chi connectivity index (χ1) is 12.6.